The summed E-state index contributed by atoms with van der Waals surface area (Å²) in [6, 6.07) is 7.23. The highest BCUT2D eigenvalue weighted by molar-refractivity contribution is 8.18. The van der Waals surface area contributed by atoms with E-state index in [2.05, 4.69) is 10.6 Å². The molecule has 3 rings (SSSR count). The molecule has 2 aromatic rings. The van der Waals surface area contributed by atoms with E-state index in [-0.39, 0.29) is 33.7 Å². The first-order valence-corrected chi connectivity index (χ1v) is 10.6. The van der Waals surface area contributed by atoms with Crippen LogP contribution in [0.5, 0.6) is 11.5 Å². The smallest absolute Gasteiger partial charge is 0.416 e. The third-order valence-electron chi connectivity index (χ3n) is 4.13. The van der Waals surface area contributed by atoms with Crippen molar-refractivity contribution >= 4 is 52.2 Å². The van der Waals surface area contributed by atoms with Gasteiger partial charge < -0.3 is 14.8 Å². The van der Waals surface area contributed by atoms with Gasteiger partial charge in [0, 0.05) is 0 Å². The highest BCUT2D eigenvalue weighted by Gasteiger charge is 2.31. The van der Waals surface area contributed by atoms with E-state index in [4.69, 9.17) is 21.1 Å². The molecule has 3 amide bonds. The van der Waals surface area contributed by atoms with Gasteiger partial charge in [-0.05, 0) is 60.7 Å². The Balaban J connectivity index is 1.70. The fourth-order valence-corrected chi connectivity index (χ4v) is 3.55. The second-order valence-corrected chi connectivity index (χ2v) is 7.94. The molecule has 2 N–H and O–H groups in total. The van der Waals surface area contributed by atoms with Crippen molar-refractivity contribution in [1.82, 2.24) is 5.32 Å². The van der Waals surface area contributed by atoms with E-state index < -0.39 is 35.4 Å². The zero-order chi connectivity index (χ0) is 24.2. The summed E-state index contributed by atoms with van der Waals surface area (Å²) in [6.45, 7) is 1.48. The highest BCUT2D eigenvalue weighted by Crippen LogP contribution is 2.34. The number of hydrogen-bond donors (Lipinski definition) is 2. The first-order chi connectivity index (χ1) is 15.6. The summed E-state index contributed by atoms with van der Waals surface area (Å²) in [4.78, 5) is 35.4. The van der Waals surface area contributed by atoms with Crippen molar-refractivity contribution in [1.29, 1.82) is 0 Å². The van der Waals surface area contributed by atoms with Crippen LogP contribution >= 0.6 is 23.4 Å². The Morgan fingerprint density at radius 3 is 2.55 bits per heavy atom. The maximum atomic E-state index is 12.9. The van der Waals surface area contributed by atoms with Crippen molar-refractivity contribution in [3.63, 3.8) is 0 Å². The number of alkyl halides is 3. The summed E-state index contributed by atoms with van der Waals surface area (Å²) in [5.74, 6) is -0.772. The van der Waals surface area contributed by atoms with E-state index in [1.165, 1.54) is 12.1 Å². The topological polar surface area (TPSA) is 93.7 Å². The van der Waals surface area contributed by atoms with Crippen LogP contribution in [0.25, 0.3) is 6.08 Å². The van der Waals surface area contributed by atoms with E-state index in [1.54, 1.807) is 19.1 Å². The molecule has 1 saturated heterocycles. The lowest BCUT2D eigenvalue weighted by molar-refractivity contribution is -0.137. The lowest BCUT2D eigenvalue weighted by Gasteiger charge is -2.14. The molecule has 1 aliphatic rings. The Labute approximate surface area is 195 Å². The monoisotopic (exact) mass is 500 g/mol. The van der Waals surface area contributed by atoms with Crippen LogP contribution in [0, 0.1) is 0 Å². The average Bonchev–Trinajstić information content (AvgIpc) is 3.05. The standard InChI is InChI=1S/C21H16ClF3N2O5S/c1-2-31-16-7-11(8-17-19(29)27-20(30)33-17)3-6-15(16)32-10-18(28)26-14-9-12(21(23,24)25)4-5-13(14)22/h3-9H,2,10H2,1H3,(H,26,28)(H,27,29,30)/b17-8+. The lowest BCUT2D eigenvalue weighted by atomic mass is 10.2. The number of halogens is 4. The second kappa shape index (κ2) is 10.2. The molecule has 0 spiro atoms. The predicted octanol–water partition coefficient (Wildman–Crippen LogP) is 5.10. The van der Waals surface area contributed by atoms with E-state index in [0.717, 1.165) is 30.0 Å². The first kappa shape index (κ1) is 24.5. The quantitative estimate of drug-likeness (QED) is 0.514. The van der Waals surface area contributed by atoms with Crippen molar-refractivity contribution < 1.29 is 37.0 Å². The molecule has 0 atom stereocenters. The lowest BCUT2D eigenvalue weighted by Crippen LogP contribution is -2.21. The fourth-order valence-electron chi connectivity index (χ4n) is 2.70. The summed E-state index contributed by atoms with van der Waals surface area (Å²) in [5.41, 5.74) is -0.602. The highest BCUT2D eigenvalue weighted by atomic mass is 35.5. The largest absolute Gasteiger partial charge is 0.490 e. The minimum atomic E-state index is -4.59. The molecule has 0 saturated carbocycles. The SMILES string of the molecule is CCOc1cc(/C=C2/SC(=O)NC2=O)ccc1OCC(=O)Nc1cc(C(F)(F)F)ccc1Cl. The van der Waals surface area contributed by atoms with Gasteiger partial charge in [0.1, 0.15) is 0 Å². The molecule has 2 aromatic carbocycles. The van der Waals surface area contributed by atoms with Crippen molar-refractivity contribution in [3.8, 4) is 11.5 Å². The molecular formula is C21H16ClF3N2O5S. The molecule has 174 valence electrons. The minimum absolute atomic E-state index is 0.0592. The van der Waals surface area contributed by atoms with Crippen LogP contribution in [0.3, 0.4) is 0 Å². The molecule has 1 aliphatic heterocycles. The van der Waals surface area contributed by atoms with Gasteiger partial charge in [-0.25, -0.2) is 0 Å². The summed E-state index contributed by atoms with van der Waals surface area (Å²) in [5, 5.41) is 3.91. The normalized spacial score (nSPS) is 14.9. The number of nitrogens with one attached hydrogen (secondary N) is 2. The molecule has 12 heteroatoms. The van der Waals surface area contributed by atoms with Crippen molar-refractivity contribution in [2.75, 3.05) is 18.5 Å². The number of hydrogen-bond acceptors (Lipinski definition) is 6. The van der Waals surface area contributed by atoms with Gasteiger partial charge in [-0.3, -0.25) is 19.7 Å². The van der Waals surface area contributed by atoms with Gasteiger partial charge in [-0.15, -0.1) is 0 Å². The third-order valence-corrected chi connectivity index (χ3v) is 5.27. The number of ether oxygens (including phenoxy) is 2. The van der Waals surface area contributed by atoms with E-state index in [9.17, 15) is 27.6 Å². The van der Waals surface area contributed by atoms with Crippen LogP contribution in [0.1, 0.15) is 18.1 Å². The van der Waals surface area contributed by atoms with Crippen LogP contribution in [0.4, 0.5) is 23.7 Å². The molecule has 0 unspecified atom stereocenters. The fraction of sp³-hybridized carbons (Fsp3) is 0.190. The Morgan fingerprint density at radius 2 is 1.91 bits per heavy atom. The summed E-state index contributed by atoms with van der Waals surface area (Å²) < 4.78 is 49.6. The molecule has 0 bridgehead atoms. The summed E-state index contributed by atoms with van der Waals surface area (Å²) in [6.07, 6.45) is -3.09. The second-order valence-electron chi connectivity index (χ2n) is 6.52. The van der Waals surface area contributed by atoms with Crippen LogP contribution in [0.15, 0.2) is 41.3 Å². The van der Waals surface area contributed by atoms with Gasteiger partial charge in [0.05, 0.1) is 27.8 Å². The zero-order valence-corrected chi connectivity index (χ0v) is 18.5. The summed E-state index contributed by atoms with van der Waals surface area (Å²) >= 11 is 6.65. The van der Waals surface area contributed by atoms with Gasteiger partial charge in [0.2, 0.25) is 0 Å². The number of amides is 3. The van der Waals surface area contributed by atoms with Gasteiger partial charge >= 0.3 is 6.18 Å². The predicted molar refractivity (Wildman–Crippen MR) is 117 cm³/mol. The van der Waals surface area contributed by atoms with Crippen molar-refractivity contribution in [2.24, 2.45) is 0 Å². The van der Waals surface area contributed by atoms with Crippen LogP contribution in [-0.4, -0.2) is 30.3 Å². The van der Waals surface area contributed by atoms with Gasteiger partial charge in [-0.2, -0.15) is 13.2 Å². The molecule has 33 heavy (non-hydrogen) atoms. The van der Waals surface area contributed by atoms with Gasteiger partial charge in [-0.1, -0.05) is 17.7 Å². The Morgan fingerprint density at radius 1 is 1.15 bits per heavy atom. The Hall–Kier alpha value is -3.18. The maximum Gasteiger partial charge on any atom is 0.416 e. The van der Waals surface area contributed by atoms with E-state index in [1.807, 2.05) is 0 Å². The number of carbonyl (C=O) groups is 3. The van der Waals surface area contributed by atoms with Crippen molar-refractivity contribution in [2.45, 2.75) is 13.1 Å². The molecule has 0 aromatic heterocycles. The number of rotatable bonds is 7. The number of thioether (sulfide) groups is 1. The first-order valence-electron chi connectivity index (χ1n) is 9.38. The molecule has 0 aliphatic carbocycles. The molecule has 1 heterocycles. The van der Waals surface area contributed by atoms with Crippen LogP contribution in [-0.2, 0) is 15.8 Å². The van der Waals surface area contributed by atoms with E-state index >= 15 is 0 Å². The van der Waals surface area contributed by atoms with Crippen LogP contribution < -0.4 is 20.1 Å². The molecule has 7 nitrogen and oxygen atoms in total. The number of carbonyl (C=O) groups excluding carboxylic acids is 3. The van der Waals surface area contributed by atoms with Crippen LogP contribution in [0.2, 0.25) is 5.02 Å². The third kappa shape index (κ3) is 6.42. The van der Waals surface area contributed by atoms with Gasteiger partial charge in [0.25, 0.3) is 17.1 Å². The molecule has 1 fully saturated rings. The maximum absolute atomic E-state index is 12.9. The zero-order valence-electron chi connectivity index (χ0n) is 16.9. The molecule has 0 radical (unpaired) electrons. The van der Waals surface area contributed by atoms with Gasteiger partial charge in [0.15, 0.2) is 18.1 Å². The number of anilines is 1. The van der Waals surface area contributed by atoms with E-state index in [0.29, 0.717) is 5.56 Å². The minimum Gasteiger partial charge on any atom is -0.490 e. The summed E-state index contributed by atoms with van der Waals surface area (Å²) in [7, 11) is 0. The van der Waals surface area contributed by atoms with Crippen molar-refractivity contribution in [3.05, 3.63) is 57.5 Å². The Kier molecular flexibility index (Phi) is 7.54. The average molecular weight is 501 g/mol. The molecular weight excluding hydrogens is 485 g/mol. The number of imide groups is 1. The number of benzene rings is 2. The Bertz CT molecular complexity index is 1140.